The van der Waals surface area contributed by atoms with E-state index in [0.717, 1.165) is 8.66 Å². The van der Waals surface area contributed by atoms with Crippen molar-refractivity contribution >= 4 is 48.9 Å². The second kappa shape index (κ2) is 6.53. The van der Waals surface area contributed by atoms with E-state index >= 15 is 0 Å². The molecular formula is C12H12BrClN2O2S2. The number of aromatic nitrogens is 1. The van der Waals surface area contributed by atoms with Gasteiger partial charge < -0.3 is 0 Å². The van der Waals surface area contributed by atoms with Crippen molar-refractivity contribution in [1.82, 2.24) is 9.29 Å². The summed E-state index contributed by atoms with van der Waals surface area (Å²) < 4.78 is 27.4. The molecule has 2 heterocycles. The second-order valence-electron chi connectivity index (χ2n) is 3.95. The van der Waals surface area contributed by atoms with Crippen LogP contribution in [0.15, 0.2) is 39.1 Å². The Balaban J connectivity index is 2.27. The third-order valence-electron chi connectivity index (χ3n) is 2.65. The van der Waals surface area contributed by atoms with Crippen LogP contribution in [0.25, 0.3) is 0 Å². The normalized spacial score (nSPS) is 12.0. The van der Waals surface area contributed by atoms with E-state index in [0.29, 0.717) is 13.1 Å². The molecule has 2 aromatic rings. The molecule has 0 aromatic carbocycles. The lowest BCUT2D eigenvalue weighted by Gasteiger charge is -2.19. The minimum atomic E-state index is -3.55. The van der Waals surface area contributed by atoms with Gasteiger partial charge in [0.1, 0.15) is 10.0 Å². The summed E-state index contributed by atoms with van der Waals surface area (Å²) in [6.45, 7) is 2.54. The molecule has 0 atom stereocenters. The minimum Gasteiger partial charge on any atom is -0.243 e. The minimum absolute atomic E-state index is 0.152. The number of sulfonamides is 1. The highest BCUT2D eigenvalue weighted by atomic mass is 79.9. The van der Waals surface area contributed by atoms with Crippen LogP contribution in [0, 0.1) is 0 Å². The zero-order valence-corrected chi connectivity index (χ0v) is 14.6. The molecule has 2 aromatic heterocycles. The number of hydrogen-bond donors (Lipinski definition) is 0. The van der Waals surface area contributed by atoms with Crippen LogP contribution in [0.3, 0.4) is 0 Å². The Kier molecular flexibility index (Phi) is 5.19. The smallest absolute Gasteiger partial charge is 0.243 e. The molecule has 0 N–H and O–H groups in total. The highest BCUT2D eigenvalue weighted by Gasteiger charge is 2.24. The fourth-order valence-electron chi connectivity index (χ4n) is 1.64. The van der Waals surface area contributed by atoms with Gasteiger partial charge in [-0.15, -0.1) is 11.3 Å². The molecule has 0 spiro atoms. The summed E-state index contributed by atoms with van der Waals surface area (Å²) in [6.07, 6.45) is 1.28. The van der Waals surface area contributed by atoms with Gasteiger partial charge in [0, 0.05) is 24.2 Å². The quantitative estimate of drug-likeness (QED) is 0.724. The molecule has 0 radical (unpaired) electrons. The van der Waals surface area contributed by atoms with Crippen molar-refractivity contribution in [3.63, 3.8) is 0 Å². The molecule has 4 nitrogen and oxygen atoms in total. The fourth-order valence-corrected chi connectivity index (χ4v) is 4.71. The summed E-state index contributed by atoms with van der Waals surface area (Å²) in [7, 11) is -3.55. The molecule has 0 aliphatic carbocycles. The summed E-state index contributed by atoms with van der Waals surface area (Å²) >= 11 is 10.6. The molecule has 2 rings (SSSR count). The van der Waals surface area contributed by atoms with Gasteiger partial charge in [0.2, 0.25) is 10.0 Å². The lowest BCUT2D eigenvalue weighted by atomic mass is 10.4. The van der Waals surface area contributed by atoms with Crippen molar-refractivity contribution in [1.29, 1.82) is 0 Å². The highest BCUT2D eigenvalue weighted by molar-refractivity contribution is 9.11. The van der Waals surface area contributed by atoms with Crippen LogP contribution in [-0.4, -0.2) is 24.3 Å². The van der Waals surface area contributed by atoms with Crippen LogP contribution in [0.5, 0.6) is 0 Å². The lowest BCUT2D eigenvalue weighted by molar-refractivity contribution is 0.426. The Bertz CT molecular complexity index is 686. The van der Waals surface area contributed by atoms with E-state index in [2.05, 4.69) is 20.9 Å². The Morgan fingerprint density at radius 1 is 1.35 bits per heavy atom. The molecule has 0 bridgehead atoms. The molecule has 0 saturated carbocycles. The topological polar surface area (TPSA) is 50.3 Å². The van der Waals surface area contributed by atoms with Crippen molar-refractivity contribution in [3.05, 3.63) is 44.3 Å². The third-order valence-corrected chi connectivity index (χ3v) is 6.39. The Morgan fingerprint density at radius 2 is 2.10 bits per heavy atom. The Labute approximate surface area is 135 Å². The van der Waals surface area contributed by atoms with E-state index in [1.165, 1.54) is 34.0 Å². The average molecular weight is 396 g/mol. The SMILES string of the molecule is CCN(Cc1ccc(Br)s1)S(=O)(=O)c1ccc(Cl)nc1. The van der Waals surface area contributed by atoms with Crippen molar-refractivity contribution in [2.45, 2.75) is 18.4 Å². The summed E-state index contributed by atoms with van der Waals surface area (Å²) in [5.74, 6) is 0. The summed E-state index contributed by atoms with van der Waals surface area (Å²) in [6, 6.07) is 6.76. The van der Waals surface area contributed by atoms with E-state index in [9.17, 15) is 8.42 Å². The maximum Gasteiger partial charge on any atom is 0.244 e. The van der Waals surface area contributed by atoms with E-state index in [1.807, 2.05) is 19.1 Å². The molecule has 0 aliphatic heterocycles. The van der Waals surface area contributed by atoms with E-state index < -0.39 is 10.0 Å². The number of thiophene rings is 1. The maximum absolute atomic E-state index is 12.5. The largest absolute Gasteiger partial charge is 0.244 e. The number of pyridine rings is 1. The zero-order chi connectivity index (χ0) is 14.8. The third kappa shape index (κ3) is 3.59. The van der Waals surface area contributed by atoms with Gasteiger partial charge in [0.15, 0.2) is 0 Å². The average Bonchev–Trinajstić information content (AvgIpc) is 2.82. The zero-order valence-electron chi connectivity index (χ0n) is 10.6. The summed E-state index contributed by atoms with van der Waals surface area (Å²) in [4.78, 5) is 4.96. The molecule has 0 aliphatic rings. The molecule has 0 saturated heterocycles. The predicted octanol–water partition coefficient (Wildman–Crippen LogP) is 3.77. The van der Waals surface area contributed by atoms with Gasteiger partial charge in [-0.1, -0.05) is 18.5 Å². The first-order valence-electron chi connectivity index (χ1n) is 5.79. The second-order valence-corrected chi connectivity index (χ2v) is 8.83. The van der Waals surface area contributed by atoms with E-state index in [-0.39, 0.29) is 10.0 Å². The molecule has 8 heteroatoms. The lowest BCUT2D eigenvalue weighted by Crippen LogP contribution is -2.30. The highest BCUT2D eigenvalue weighted by Crippen LogP contribution is 2.25. The molecule has 0 unspecified atom stereocenters. The van der Waals surface area contributed by atoms with Crippen LogP contribution >= 0.6 is 38.9 Å². The predicted molar refractivity (Wildman–Crippen MR) is 84.5 cm³/mol. The molecule has 0 fully saturated rings. The first-order chi connectivity index (χ1) is 9.43. The number of nitrogens with zero attached hydrogens (tertiary/aromatic N) is 2. The maximum atomic E-state index is 12.5. The monoisotopic (exact) mass is 394 g/mol. The molecule has 0 amide bonds. The van der Waals surface area contributed by atoms with Crippen molar-refractivity contribution < 1.29 is 8.42 Å². The molecular weight excluding hydrogens is 384 g/mol. The van der Waals surface area contributed by atoms with Gasteiger partial charge in [0.05, 0.1) is 3.79 Å². The van der Waals surface area contributed by atoms with Gasteiger partial charge in [-0.05, 0) is 40.2 Å². The first kappa shape index (κ1) is 15.9. The number of hydrogen-bond acceptors (Lipinski definition) is 4. The first-order valence-corrected chi connectivity index (χ1v) is 9.22. The van der Waals surface area contributed by atoms with Gasteiger partial charge in [0.25, 0.3) is 0 Å². The standard InChI is InChI=1S/C12H12BrClN2O2S2/c1-2-16(8-9-3-5-11(13)19-9)20(17,18)10-4-6-12(14)15-7-10/h3-7H,2,8H2,1H3. The van der Waals surface area contributed by atoms with Gasteiger partial charge >= 0.3 is 0 Å². The van der Waals surface area contributed by atoms with E-state index in [1.54, 1.807) is 0 Å². The fraction of sp³-hybridized carbons (Fsp3) is 0.250. The van der Waals surface area contributed by atoms with Crippen molar-refractivity contribution in [2.24, 2.45) is 0 Å². The van der Waals surface area contributed by atoms with Crippen LogP contribution in [0.1, 0.15) is 11.8 Å². The van der Waals surface area contributed by atoms with Gasteiger partial charge in [-0.25, -0.2) is 13.4 Å². The van der Waals surface area contributed by atoms with Gasteiger partial charge in [-0.3, -0.25) is 0 Å². The van der Waals surface area contributed by atoms with Crippen LogP contribution in [0.2, 0.25) is 5.15 Å². The summed E-state index contributed by atoms with van der Waals surface area (Å²) in [5.41, 5.74) is 0. The van der Waals surface area contributed by atoms with E-state index in [4.69, 9.17) is 11.6 Å². The van der Waals surface area contributed by atoms with Crippen LogP contribution in [-0.2, 0) is 16.6 Å². The Hall–Kier alpha value is -0.470. The summed E-state index contributed by atoms with van der Waals surface area (Å²) in [5, 5.41) is 0.272. The van der Waals surface area contributed by atoms with Crippen LogP contribution in [0.4, 0.5) is 0 Å². The van der Waals surface area contributed by atoms with Crippen molar-refractivity contribution in [2.75, 3.05) is 6.54 Å². The number of rotatable bonds is 5. The van der Waals surface area contributed by atoms with Crippen molar-refractivity contribution in [3.8, 4) is 0 Å². The molecule has 20 heavy (non-hydrogen) atoms. The Morgan fingerprint density at radius 3 is 2.60 bits per heavy atom. The molecule has 108 valence electrons. The number of halogens is 2. The van der Waals surface area contributed by atoms with Gasteiger partial charge in [-0.2, -0.15) is 4.31 Å². The van der Waals surface area contributed by atoms with Crippen LogP contribution < -0.4 is 0 Å².